The Morgan fingerprint density at radius 2 is 1.75 bits per heavy atom. The van der Waals surface area contributed by atoms with E-state index in [1.807, 2.05) is 6.07 Å². The van der Waals surface area contributed by atoms with Gasteiger partial charge >= 0.3 is 0 Å². The fourth-order valence-corrected chi connectivity index (χ4v) is 4.04. The molecule has 2 unspecified atom stereocenters. The van der Waals surface area contributed by atoms with Gasteiger partial charge in [-0.3, -0.25) is 4.99 Å². The molecule has 2 aliphatic rings. The van der Waals surface area contributed by atoms with Crippen LogP contribution in [-0.2, 0) is 5.60 Å². The number of amidine groups is 1. The van der Waals surface area contributed by atoms with Crippen LogP contribution in [0, 0.1) is 5.92 Å². The summed E-state index contributed by atoms with van der Waals surface area (Å²) in [6.45, 7) is 1.81. The van der Waals surface area contributed by atoms with Gasteiger partial charge in [-0.15, -0.1) is 0 Å². The molecule has 2 N–H and O–H groups in total. The lowest BCUT2D eigenvalue weighted by molar-refractivity contribution is -0.0107. The summed E-state index contributed by atoms with van der Waals surface area (Å²) in [5.41, 5.74) is 2.70. The molecule has 3 nitrogen and oxygen atoms in total. The normalized spacial score (nSPS) is 26.7. The molecule has 0 aromatic heterocycles. The van der Waals surface area contributed by atoms with E-state index in [2.05, 4.69) is 58.8 Å². The molecular weight excluding hydrogens is 296 g/mol. The van der Waals surface area contributed by atoms with Crippen LogP contribution in [0.1, 0.15) is 31.2 Å². The van der Waals surface area contributed by atoms with Crippen molar-refractivity contribution in [1.29, 1.82) is 0 Å². The molecule has 2 atom stereocenters. The van der Waals surface area contributed by atoms with Crippen LogP contribution in [0.25, 0.3) is 11.1 Å². The highest BCUT2D eigenvalue weighted by Gasteiger charge is 2.38. The van der Waals surface area contributed by atoms with Crippen molar-refractivity contribution in [3.05, 3.63) is 60.2 Å². The first-order valence-electron chi connectivity index (χ1n) is 8.91. The lowest BCUT2D eigenvalue weighted by atomic mass is 9.74. The number of nitrogens with one attached hydrogen (secondary N) is 1. The second-order valence-electron chi connectivity index (χ2n) is 6.96. The van der Waals surface area contributed by atoms with Gasteiger partial charge in [0.25, 0.3) is 0 Å². The van der Waals surface area contributed by atoms with Gasteiger partial charge in [0.15, 0.2) is 0 Å². The van der Waals surface area contributed by atoms with Crippen LogP contribution in [0.5, 0.6) is 0 Å². The molecule has 0 saturated heterocycles. The third-order valence-electron chi connectivity index (χ3n) is 5.34. The fourth-order valence-electron chi connectivity index (χ4n) is 4.04. The van der Waals surface area contributed by atoms with Gasteiger partial charge in [-0.1, -0.05) is 54.6 Å². The Labute approximate surface area is 143 Å². The van der Waals surface area contributed by atoms with Gasteiger partial charge in [-0.05, 0) is 42.4 Å². The van der Waals surface area contributed by atoms with Crippen molar-refractivity contribution in [2.45, 2.75) is 31.3 Å². The summed E-state index contributed by atoms with van der Waals surface area (Å²) in [7, 11) is 0. The number of aliphatic imine (C=N–C) groups is 1. The smallest absolute Gasteiger partial charge is 0.0997 e. The largest absolute Gasteiger partial charge is 0.385 e. The van der Waals surface area contributed by atoms with Crippen LogP contribution in [0.4, 0.5) is 0 Å². The molecule has 1 fully saturated rings. The van der Waals surface area contributed by atoms with Crippen LogP contribution < -0.4 is 5.32 Å². The molecule has 0 spiro atoms. The van der Waals surface area contributed by atoms with Crippen LogP contribution in [-0.4, -0.2) is 24.0 Å². The van der Waals surface area contributed by atoms with Crippen molar-refractivity contribution in [2.24, 2.45) is 10.9 Å². The zero-order valence-corrected chi connectivity index (χ0v) is 13.9. The Bertz CT molecular complexity index is 723. The minimum Gasteiger partial charge on any atom is -0.385 e. The second kappa shape index (κ2) is 6.40. The number of aliphatic hydroxyl groups is 1. The minimum absolute atomic E-state index is 0.361. The second-order valence-corrected chi connectivity index (χ2v) is 6.96. The molecule has 24 heavy (non-hydrogen) atoms. The van der Waals surface area contributed by atoms with Crippen molar-refractivity contribution >= 4 is 5.84 Å². The minimum atomic E-state index is -0.731. The van der Waals surface area contributed by atoms with Gasteiger partial charge in [0, 0.05) is 12.5 Å². The van der Waals surface area contributed by atoms with E-state index in [1.54, 1.807) is 0 Å². The van der Waals surface area contributed by atoms with Crippen LogP contribution in [0.15, 0.2) is 59.6 Å². The van der Waals surface area contributed by atoms with Crippen molar-refractivity contribution in [3.63, 3.8) is 0 Å². The maximum atomic E-state index is 11.3. The SMILES string of the molecule is OC1(c2ccc(-c3ccccc3)cc2)CCCC(C2=NCCN2)C1. The van der Waals surface area contributed by atoms with Crippen LogP contribution in [0.2, 0.25) is 0 Å². The van der Waals surface area contributed by atoms with Crippen molar-refractivity contribution in [3.8, 4) is 11.1 Å². The van der Waals surface area contributed by atoms with E-state index < -0.39 is 5.60 Å². The van der Waals surface area contributed by atoms with Gasteiger partial charge in [0.2, 0.25) is 0 Å². The maximum absolute atomic E-state index is 11.3. The molecule has 1 heterocycles. The molecule has 124 valence electrons. The number of rotatable bonds is 3. The quantitative estimate of drug-likeness (QED) is 0.905. The lowest BCUT2D eigenvalue weighted by Gasteiger charge is -2.37. The standard InChI is InChI=1S/C21H24N2O/c24-21(12-4-7-18(15-21)20-22-13-14-23-20)19-10-8-17(9-11-19)16-5-2-1-3-6-16/h1-3,5-6,8-11,18,24H,4,7,12-15H2,(H,22,23). The molecule has 0 amide bonds. The number of benzene rings is 2. The average molecular weight is 320 g/mol. The van der Waals surface area contributed by atoms with Gasteiger partial charge in [0.05, 0.1) is 18.0 Å². The van der Waals surface area contributed by atoms with Gasteiger partial charge in [-0.25, -0.2) is 0 Å². The first kappa shape index (κ1) is 15.4. The Kier molecular flexibility index (Phi) is 4.11. The first-order valence-corrected chi connectivity index (χ1v) is 8.91. The van der Waals surface area contributed by atoms with Gasteiger partial charge in [-0.2, -0.15) is 0 Å². The predicted octanol–water partition coefficient (Wildman–Crippen LogP) is 3.73. The topological polar surface area (TPSA) is 44.6 Å². The summed E-state index contributed by atoms with van der Waals surface area (Å²) in [5, 5.41) is 14.6. The third kappa shape index (κ3) is 2.96. The summed E-state index contributed by atoms with van der Waals surface area (Å²) < 4.78 is 0. The van der Waals surface area contributed by atoms with E-state index >= 15 is 0 Å². The summed E-state index contributed by atoms with van der Waals surface area (Å²) >= 11 is 0. The highest BCUT2D eigenvalue weighted by molar-refractivity contribution is 5.86. The zero-order chi connectivity index (χ0) is 16.4. The molecule has 2 aromatic carbocycles. The Morgan fingerprint density at radius 1 is 1.00 bits per heavy atom. The predicted molar refractivity (Wildman–Crippen MR) is 98.0 cm³/mol. The number of hydrogen-bond donors (Lipinski definition) is 2. The van der Waals surface area contributed by atoms with E-state index in [0.717, 1.165) is 50.2 Å². The molecule has 3 heteroatoms. The number of nitrogens with zero attached hydrogens (tertiary/aromatic N) is 1. The van der Waals surface area contributed by atoms with E-state index in [9.17, 15) is 5.11 Å². The van der Waals surface area contributed by atoms with E-state index in [4.69, 9.17) is 0 Å². The van der Waals surface area contributed by atoms with Crippen molar-refractivity contribution in [1.82, 2.24) is 5.32 Å². The highest BCUT2D eigenvalue weighted by atomic mass is 16.3. The van der Waals surface area contributed by atoms with E-state index in [0.29, 0.717) is 5.92 Å². The summed E-state index contributed by atoms with van der Waals surface area (Å²) in [6.07, 6.45) is 3.77. The molecular formula is C21H24N2O. The average Bonchev–Trinajstić information content (AvgIpc) is 3.17. The first-order chi connectivity index (χ1) is 11.7. The van der Waals surface area contributed by atoms with Gasteiger partial charge in [0.1, 0.15) is 0 Å². The van der Waals surface area contributed by atoms with Crippen LogP contribution in [0.3, 0.4) is 0 Å². The lowest BCUT2D eigenvalue weighted by Crippen LogP contribution is -2.38. The monoisotopic (exact) mass is 320 g/mol. The Balaban J connectivity index is 1.55. The van der Waals surface area contributed by atoms with Crippen molar-refractivity contribution < 1.29 is 5.11 Å². The summed E-state index contributed by atoms with van der Waals surface area (Å²) in [5.74, 6) is 1.47. The molecule has 1 aliphatic heterocycles. The molecule has 2 aromatic rings. The zero-order valence-electron chi connectivity index (χ0n) is 13.9. The third-order valence-corrected chi connectivity index (χ3v) is 5.34. The van der Waals surface area contributed by atoms with E-state index in [-0.39, 0.29) is 0 Å². The fraction of sp³-hybridized carbons (Fsp3) is 0.381. The Hall–Kier alpha value is -2.13. The Morgan fingerprint density at radius 3 is 2.46 bits per heavy atom. The molecule has 4 rings (SSSR count). The maximum Gasteiger partial charge on any atom is 0.0997 e. The highest BCUT2D eigenvalue weighted by Crippen LogP contribution is 2.41. The van der Waals surface area contributed by atoms with E-state index in [1.165, 1.54) is 11.1 Å². The number of hydrogen-bond acceptors (Lipinski definition) is 3. The molecule has 1 aliphatic carbocycles. The van der Waals surface area contributed by atoms with Gasteiger partial charge < -0.3 is 10.4 Å². The van der Waals surface area contributed by atoms with Crippen molar-refractivity contribution in [2.75, 3.05) is 13.1 Å². The molecule has 0 radical (unpaired) electrons. The summed E-state index contributed by atoms with van der Waals surface area (Å²) in [4.78, 5) is 4.57. The summed E-state index contributed by atoms with van der Waals surface area (Å²) in [6, 6.07) is 18.8. The molecule has 1 saturated carbocycles. The van der Waals surface area contributed by atoms with Crippen LogP contribution >= 0.6 is 0 Å². The molecule has 0 bridgehead atoms.